The molecule has 4 rings (SSSR count). The molecule has 0 amide bonds. The second-order valence-electron chi connectivity index (χ2n) is 6.67. The highest BCUT2D eigenvalue weighted by molar-refractivity contribution is 7.80. The Kier molecular flexibility index (Phi) is 3.84. The highest BCUT2D eigenvalue weighted by atomic mass is 32.1. The van der Waals surface area contributed by atoms with Crippen LogP contribution in [0.25, 0.3) is 0 Å². The minimum absolute atomic E-state index is 0.154. The number of nitrogens with one attached hydrogen (secondary N) is 1. The van der Waals surface area contributed by atoms with Crippen molar-refractivity contribution < 1.29 is 9.47 Å². The predicted molar refractivity (Wildman–Crippen MR) is 103 cm³/mol. The molecule has 0 saturated carbocycles. The number of hydrogen-bond donors (Lipinski definition) is 1. The van der Waals surface area contributed by atoms with Crippen LogP contribution in [0.3, 0.4) is 0 Å². The number of hydrogen-bond acceptors (Lipinski definition) is 3. The fraction of sp³-hybridized carbons (Fsp3) is 0.350. The number of para-hydroxylation sites is 1. The van der Waals surface area contributed by atoms with Gasteiger partial charge in [0.25, 0.3) is 0 Å². The van der Waals surface area contributed by atoms with E-state index in [4.69, 9.17) is 21.7 Å². The van der Waals surface area contributed by atoms with Crippen molar-refractivity contribution in [2.45, 2.75) is 32.5 Å². The average molecular weight is 354 g/mol. The fourth-order valence-electron chi connectivity index (χ4n) is 3.81. The number of benzene rings is 2. The zero-order valence-electron chi connectivity index (χ0n) is 14.7. The number of thiocarbonyl (C=S) groups is 1. The second-order valence-corrected chi connectivity index (χ2v) is 7.06. The molecule has 3 atom stereocenters. The van der Waals surface area contributed by atoms with Gasteiger partial charge in [-0.15, -0.1) is 0 Å². The number of anilines is 1. The largest absolute Gasteiger partial charge is 0.494 e. The van der Waals surface area contributed by atoms with Crippen molar-refractivity contribution in [3.8, 4) is 11.5 Å². The van der Waals surface area contributed by atoms with Gasteiger partial charge >= 0.3 is 0 Å². The van der Waals surface area contributed by atoms with Gasteiger partial charge in [0.1, 0.15) is 11.5 Å². The van der Waals surface area contributed by atoms with E-state index in [2.05, 4.69) is 30.1 Å². The summed E-state index contributed by atoms with van der Waals surface area (Å²) < 4.78 is 12.0. The minimum atomic E-state index is -0.547. The van der Waals surface area contributed by atoms with Gasteiger partial charge < -0.3 is 14.8 Å². The van der Waals surface area contributed by atoms with Crippen LogP contribution in [0, 0.1) is 5.92 Å². The van der Waals surface area contributed by atoms with Crippen molar-refractivity contribution in [3.05, 3.63) is 54.1 Å². The molecule has 5 heteroatoms. The number of ether oxygens (including phenoxy) is 2. The van der Waals surface area contributed by atoms with E-state index in [0.717, 1.165) is 17.2 Å². The third-order valence-electron chi connectivity index (χ3n) is 5.25. The van der Waals surface area contributed by atoms with Crippen molar-refractivity contribution >= 4 is 23.0 Å². The molecule has 0 radical (unpaired) electrons. The molecule has 2 aromatic carbocycles. The highest BCUT2D eigenvalue weighted by Gasteiger charge is 2.53. The number of nitrogens with zero attached hydrogens (tertiary/aromatic N) is 1. The maximum Gasteiger partial charge on any atom is 0.190 e. The molecular formula is C20H22N2O2S. The minimum Gasteiger partial charge on any atom is -0.494 e. The lowest BCUT2D eigenvalue weighted by Gasteiger charge is -2.56. The first-order valence-corrected chi connectivity index (χ1v) is 9.07. The van der Waals surface area contributed by atoms with Crippen LogP contribution in [0.5, 0.6) is 11.5 Å². The number of fused-ring (bicyclic) bond motifs is 4. The molecule has 25 heavy (non-hydrogen) atoms. The molecule has 2 bridgehead atoms. The Hall–Kier alpha value is -2.27. The maximum absolute atomic E-state index is 6.48. The van der Waals surface area contributed by atoms with Gasteiger partial charge in [0.05, 0.1) is 12.6 Å². The Labute approximate surface area is 153 Å². The Morgan fingerprint density at radius 2 is 1.92 bits per heavy atom. The Bertz CT molecular complexity index is 808. The molecule has 2 heterocycles. The van der Waals surface area contributed by atoms with Crippen molar-refractivity contribution in [3.63, 3.8) is 0 Å². The Morgan fingerprint density at radius 1 is 1.20 bits per heavy atom. The molecule has 4 nitrogen and oxygen atoms in total. The van der Waals surface area contributed by atoms with Crippen LogP contribution in [0.15, 0.2) is 48.5 Å². The maximum atomic E-state index is 6.48. The lowest BCUT2D eigenvalue weighted by molar-refractivity contribution is -0.00317. The van der Waals surface area contributed by atoms with E-state index in [1.54, 1.807) is 0 Å². The van der Waals surface area contributed by atoms with E-state index in [-0.39, 0.29) is 12.0 Å². The first kappa shape index (κ1) is 16.2. The molecule has 2 aliphatic rings. The van der Waals surface area contributed by atoms with Gasteiger partial charge in [-0.25, -0.2) is 0 Å². The first-order chi connectivity index (χ1) is 12.0. The van der Waals surface area contributed by atoms with Crippen LogP contribution in [-0.4, -0.2) is 17.4 Å². The first-order valence-electron chi connectivity index (χ1n) is 8.66. The van der Waals surface area contributed by atoms with Crippen molar-refractivity contribution in [2.75, 3.05) is 11.5 Å². The van der Waals surface area contributed by atoms with Crippen LogP contribution < -0.4 is 19.7 Å². The van der Waals surface area contributed by atoms with E-state index in [1.807, 2.05) is 49.4 Å². The van der Waals surface area contributed by atoms with Crippen molar-refractivity contribution in [1.29, 1.82) is 0 Å². The summed E-state index contributed by atoms with van der Waals surface area (Å²) in [4.78, 5) is 2.08. The summed E-state index contributed by atoms with van der Waals surface area (Å²) in [6, 6.07) is 16.3. The van der Waals surface area contributed by atoms with E-state index in [0.29, 0.717) is 11.7 Å². The fourth-order valence-corrected chi connectivity index (χ4v) is 4.22. The second kappa shape index (κ2) is 5.92. The van der Waals surface area contributed by atoms with E-state index >= 15 is 0 Å². The molecule has 1 N–H and O–H groups in total. The zero-order chi connectivity index (χ0) is 17.6. The standard InChI is InChI=1S/C20H22N2O2S/c1-4-23-15-11-9-14(10-12-15)22-19(25)21-18-13(2)20(22,3)24-17-8-6-5-7-16(17)18/h5-13,18H,4H2,1-3H3,(H,21,25)/t13-,18-,20+/m1/s1. The normalized spacial score (nSPS) is 27.2. The molecular weight excluding hydrogens is 332 g/mol. The quantitative estimate of drug-likeness (QED) is 0.833. The highest BCUT2D eigenvalue weighted by Crippen LogP contribution is 2.49. The summed E-state index contributed by atoms with van der Waals surface area (Å²) >= 11 is 5.71. The van der Waals surface area contributed by atoms with Gasteiger partial charge in [-0.3, -0.25) is 4.90 Å². The molecule has 2 aliphatic heterocycles. The molecule has 2 aromatic rings. The van der Waals surface area contributed by atoms with E-state index in [1.165, 1.54) is 5.56 Å². The summed E-state index contributed by atoms with van der Waals surface area (Å²) in [5, 5.41) is 4.20. The van der Waals surface area contributed by atoms with Crippen LogP contribution in [0.4, 0.5) is 5.69 Å². The molecule has 1 saturated heterocycles. The third-order valence-corrected chi connectivity index (χ3v) is 5.55. The van der Waals surface area contributed by atoms with Gasteiger partial charge in [-0.05, 0) is 56.4 Å². The monoisotopic (exact) mass is 354 g/mol. The van der Waals surface area contributed by atoms with Crippen LogP contribution in [0.2, 0.25) is 0 Å². The smallest absolute Gasteiger partial charge is 0.190 e. The summed E-state index contributed by atoms with van der Waals surface area (Å²) in [5.41, 5.74) is 1.61. The van der Waals surface area contributed by atoms with E-state index in [9.17, 15) is 0 Å². The lowest BCUT2D eigenvalue weighted by atomic mass is 9.81. The Balaban J connectivity index is 1.76. The van der Waals surface area contributed by atoms with Crippen LogP contribution in [-0.2, 0) is 0 Å². The Morgan fingerprint density at radius 3 is 2.64 bits per heavy atom. The topological polar surface area (TPSA) is 33.7 Å². The van der Waals surface area contributed by atoms with Crippen molar-refractivity contribution in [1.82, 2.24) is 5.32 Å². The summed E-state index contributed by atoms with van der Waals surface area (Å²) in [7, 11) is 0. The molecule has 0 spiro atoms. The molecule has 1 fully saturated rings. The average Bonchev–Trinajstić information content (AvgIpc) is 2.60. The van der Waals surface area contributed by atoms with Gasteiger partial charge in [0.2, 0.25) is 0 Å². The van der Waals surface area contributed by atoms with Crippen LogP contribution >= 0.6 is 12.2 Å². The predicted octanol–water partition coefficient (Wildman–Crippen LogP) is 4.27. The van der Waals surface area contributed by atoms with Gasteiger partial charge in [0, 0.05) is 17.2 Å². The summed E-state index contributed by atoms with van der Waals surface area (Å²) in [6.45, 7) is 6.95. The molecule has 130 valence electrons. The summed E-state index contributed by atoms with van der Waals surface area (Å²) in [6.07, 6.45) is 0. The van der Waals surface area contributed by atoms with Gasteiger partial charge in [0.15, 0.2) is 10.8 Å². The third kappa shape index (κ3) is 2.45. The molecule has 0 aliphatic carbocycles. The zero-order valence-corrected chi connectivity index (χ0v) is 15.5. The van der Waals surface area contributed by atoms with Crippen LogP contribution in [0.1, 0.15) is 32.4 Å². The number of rotatable bonds is 3. The summed E-state index contributed by atoms with van der Waals surface area (Å²) in [5.74, 6) is 1.99. The van der Waals surface area contributed by atoms with Gasteiger partial charge in [-0.2, -0.15) is 0 Å². The van der Waals surface area contributed by atoms with E-state index < -0.39 is 5.72 Å². The van der Waals surface area contributed by atoms with Gasteiger partial charge in [-0.1, -0.05) is 25.1 Å². The lowest BCUT2D eigenvalue weighted by Crippen LogP contribution is -2.69. The SMILES string of the molecule is CCOc1ccc(N2C(=S)N[C@H]3c4ccccc4O[C@@]2(C)[C@@H]3C)cc1. The van der Waals surface area contributed by atoms with Crippen molar-refractivity contribution in [2.24, 2.45) is 5.92 Å². The molecule has 0 unspecified atom stereocenters. The molecule has 0 aromatic heterocycles.